The molecule has 0 amide bonds. The Hall–Kier alpha value is -3.38. The van der Waals surface area contributed by atoms with Crippen molar-refractivity contribution in [3.63, 3.8) is 0 Å². The summed E-state index contributed by atoms with van der Waals surface area (Å²) >= 11 is 0. The number of carbonyl (C=O) groups is 1. The monoisotopic (exact) mass is 383 g/mol. The van der Waals surface area contributed by atoms with Gasteiger partial charge in [-0.2, -0.15) is 0 Å². The highest BCUT2D eigenvalue weighted by molar-refractivity contribution is 5.98. The van der Waals surface area contributed by atoms with E-state index in [1.165, 1.54) is 11.1 Å². The third-order valence-electron chi connectivity index (χ3n) is 5.49. The molecule has 5 rings (SSSR count). The average Bonchev–Trinajstić information content (AvgIpc) is 3.31. The summed E-state index contributed by atoms with van der Waals surface area (Å²) in [6.07, 6.45) is 7.43. The average molecular weight is 383 g/mol. The van der Waals surface area contributed by atoms with E-state index in [2.05, 4.69) is 39.0 Å². The first-order valence-corrected chi connectivity index (χ1v) is 9.62. The quantitative estimate of drug-likeness (QED) is 0.506. The van der Waals surface area contributed by atoms with Gasteiger partial charge in [0.25, 0.3) is 0 Å². The Labute approximate surface area is 168 Å². The minimum Gasteiger partial charge on any atom is -0.334 e. The molecular formula is C23H21N5O. The second-order valence-electron chi connectivity index (χ2n) is 7.74. The van der Waals surface area contributed by atoms with Gasteiger partial charge in [-0.25, -0.2) is 4.98 Å². The number of hydrogen-bond donors (Lipinski definition) is 0. The topological polar surface area (TPSA) is 63.9 Å². The third kappa shape index (κ3) is 3.32. The summed E-state index contributed by atoms with van der Waals surface area (Å²) in [5.41, 5.74) is 6.86. The Balaban J connectivity index is 1.42. The molecule has 3 aromatic heterocycles. The predicted octanol–water partition coefficient (Wildman–Crippen LogP) is 3.40. The molecule has 0 saturated carbocycles. The van der Waals surface area contributed by atoms with Gasteiger partial charge in [-0.3, -0.25) is 19.7 Å². The van der Waals surface area contributed by atoms with Crippen LogP contribution < -0.4 is 0 Å². The normalized spacial score (nSPS) is 13.7. The molecule has 0 unspecified atom stereocenters. The highest BCUT2D eigenvalue weighted by Gasteiger charge is 2.18. The van der Waals surface area contributed by atoms with Crippen LogP contribution in [0, 0.1) is 0 Å². The van der Waals surface area contributed by atoms with Crippen LogP contribution in [0.15, 0.2) is 55.2 Å². The van der Waals surface area contributed by atoms with E-state index < -0.39 is 0 Å². The number of imidazole rings is 1. The molecule has 29 heavy (non-hydrogen) atoms. The lowest BCUT2D eigenvalue weighted by molar-refractivity contribution is 0.0992. The van der Waals surface area contributed by atoms with Crippen molar-refractivity contribution in [2.24, 2.45) is 7.05 Å². The van der Waals surface area contributed by atoms with Crippen molar-refractivity contribution in [2.75, 3.05) is 7.05 Å². The number of hydrogen-bond acceptors (Lipinski definition) is 5. The lowest BCUT2D eigenvalue weighted by Gasteiger charge is -2.07. The Bertz CT molecular complexity index is 1240. The van der Waals surface area contributed by atoms with Gasteiger partial charge in [-0.15, -0.1) is 0 Å². The minimum atomic E-state index is 0.0879. The van der Waals surface area contributed by atoms with E-state index in [0.29, 0.717) is 0 Å². The molecule has 6 nitrogen and oxygen atoms in total. The van der Waals surface area contributed by atoms with Crippen molar-refractivity contribution in [3.8, 4) is 11.3 Å². The first-order chi connectivity index (χ1) is 14.1. The zero-order chi connectivity index (χ0) is 20.0. The number of pyridine rings is 2. The minimum absolute atomic E-state index is 0.0879. The number of ketones is 1. The molecule has 0 atom stereocenters. The molecule has 0 spiro atoms. The Morgan fingerprint density at radius 3 is 2.69 bits per heavy atom. The number of aromatic nitrogens is 4. The maximum Gasteiger partial charge on any atom is 0.168 e. The molecule has 0 bridgehead atoms. The van der Waals surface area contributed by atoms with Crippen LogP contribution in [-0.2, 0) is 26.6 Å². The molecule has 4 heterocycles. The second-order valence-corrected chi connectivity index (χ2v) is 7.74. The number of aryl methyl sites for hydroxylation is 1. The van der Waals surface area contributed by atoms with Gasteiger partial charge in [0.2, 0.25) is 0 Å². The molecule has 144 valence electrons. The Morgan fingerprint density at radius 1 is 1.00 bits per heavy atom. The van der Waals surface area contributed by atoms with Gasteiger partial charge in [-0.05, 0) is 36.4 Å². The van der Waals surface area contributed by atoms with E-state index in [-0.39, 0.29) is 12.2 Å². The van der Waals surface area contributed by atoms with E-state index in [1.54, 1.807) is 12.5 Å². The zero-order valence-corrected chi connectivity index (χ0v) is 16.5. The third-order valence-corrected chi connectivity index (χ3v) is 5.49. The van der Waals surface area contributed by atoms with Gasteiger partial charge in [0.1, 0.15) is 0 Å². The number of benzene rings is 1. The van der Waals surface area contributed by atoms with Gasteiger partial charge < -0.3 is 4.57 Å². The number of Topliss-reactive ketones (excluding diaryl/α,β-unsaturated/α-hetero) is 1. The van der Waals surface area contributed by atoms with Gasteiger partial charge in [0, 0.05) is 48.5 Å². The summed E-state index contributed by atoms with van der Waals surface area (Å²) < 4.78 is 1.96. The van der Waals surface area contributed by atoms with Crippen LogP contribution in [0.25, 0.3) is 22.2 Å². The fourth-order valence-electron chi connectivity index (χ4n) is 3.95. The maximum absolute atomic E-state index is 12.8. The van der Waals surface area contributed by atoms with Crippen molar-refractivity contribution >= 4 is 16.7 Å². The largest absolute Gasteiger partial charge is 0.334 e. The predicted molar refractivity (Wildman–Crippen MR) is 111 cm³/mol. The van der Waals surface area contributed by atoms with Crippen molar-refractivity contribution in [2.45, 2.75) is 19.5 Å². The van der Waals surface area contributed by atoms with Crippen molar-refractivity contribution in [1.29, 1.82) is 0 Å². The van der Waals surface area contributed by atoms with Gasteiger partial charge in [-0.1, -0.05) is 12.1 Å². The van der Waals surface area contributed by atoms with E-state index in [1.807, 2.05) is 42.2 Å². The number of carbonyl (C=O) groups excluding carboxylic acids is 1. The standard InChI is InChI=1S/C23H21N5O/c1-27-12-16-4-3-15(5-19(16)13-27)23(29)8-20-7-17-6-18(9-26-21(17)10-25-20)22-11-24-14-28(22)2/h3-7,9-11,14H,8,12-13H2,1-2H3. The Kier molecular flexibility index (Phi) is 4.21. The van der Waals surface area contributed by atoms with Crippen LogP contribution in [0.5, 0.6) is 0 Å². The number of nitrogens with zero attached hydrogens (tertiary/aromatic N) is 5. The first-order valence-electron chi connectivity index (χ1n) is 9.62. The molecular weight excluding hydrogens is 362 g/mol. The molecule has 1 aliphatic rings. The van der Waals surface area contributed by atoms with E-state index in [9.17, 15) is 4.79 Å². The van der Waals surface area contributed by atoms with Crippen LogP contribution in [0.3, 0.4) is 0 Å². The van der Waals surface area contributed by atoms with Gasteiger partial charge >= 0.3 is 0 Å². The lowest BCUT2D eigenvalue weighted by Crippen LogP contribution is -2.07. The van der Waals surface area contributed by atoms with E-state index in [0.717, 1.165) is 46.5 Å². The highest BCUT2D eigenvalue weighted by atomic mass is 16.1. The summed E-state index contributed by atoms with van der Waals surface area (Å²) in [6.45, 7) is 1.84. The van der Waals surface area contributed by atoms with Gasteiger partial charge in [0.15, 0.2) is 5.78 Å². The Morgan fingerprint density at radius 2 is 1.86 bits per heavy atom. The molecule has 0 aliphatic carbocycles. The molecule has 1 aromatic carbocycles. The molecule has 0 radical (unpaired) electrons. The second kappa shape index (κ2) is 6.90. The van der Waals surface area contributed by atoms with Crippen molar-refractivity contribution in [1.82, 2.24) is 24.4 Å². The summed E-state index contributed by atoms with van der Waals surface area (Å²) in [5, 5.41) is 0.970. The zero-order valence-electron chi connectivity index (χ0n) is 16.5. The summed E-state index contributed by atoms with van der Waals surface area (Å²) in [7, 11) is 4.05. The van der Waals surface area contributed by atoms with Crippen LogP contribution in [0.1, 0.15) is 27.2 Å². The molecule has 0 fully saturated rings. The maximum atomic E-state index is 12.8. The van der Waals surface area contributed by atoms with E-state index in [4.69, 9.17) is 0 Å². The SMILES string of the molecule is CN1Cc2ccc(C(=O)Cc3cc4cc(-c5cncn5C)cnc4cn3)cc2C1. The van der Waals surface area contributed by atoms with E-state index >= 15 is 0 Å². The van der Waals surface area contributed by atoms with Crippen LogP contribution in [0.2, 0.25) is 0 Å². The number of fused-ring (bicyclic) bond motifs is 2. The van der Waals surface area contributed by atoms with Crippen LogP contribution in [-0.4, -0.2) is 37.2 Å². The molecule has 0 N–H and O–H groups in total. The van der Waals surface area contributed by atoms with Gasteiger partial charge in [0.05, 0.1) is 36.4 Å². The summed E-state index contributed by atoms with van der Waals surface area (Å²) in [5.74, 6) is 0.0879. The van der Waals surface area contributed by atoms with Crippen LogP contribution in [0.4, 0.5) is 0 Å². The summed E-state index contributed by atoms with van der Waals surface area (Å²) in [4.78, 5) is 28.2. The molecule has 6 heteroatoms. The lowest BCUT2D eigenvalue weighted by atomic mass is 10.0. The summed E-state index contributed by atoms with van der Waals surface area (Å²) in [6, 6.07) is 10.1. The smallest absolute Gasteiger partial charge is 0.168 e. The van der Waals surface area contributed by atoms with Crippen molar-refractivity contribution in [3.05, 3.63) is 77.6 Å². The first kappa shape index (κ1) is 17.7. The number of rotatable bonds is 4. The molecule has 0 saturated heterocycles. The fraction of sp³-hybridized carbons (Fsp3) is 0.217. The highest BCUT2D eigenvalue weighted by Crippen LogP contribution is 2.24. The molecule has 1 aliphatic heterocycles. The molecule has 4 aromatic rings. The van der Waals surface area contributed by atoms with Crippen LogP contribution >= 0.6 is 0 Å². The van der Waals surface area contributed by atoms with Crippen molar-refractivity contribution < 1.29 is 4.79 Å². The fourth-order valence-corrected chi connectivity index (χ4v) is 3.95.